The maximum Gasteiger partial charge on any atom is 0.279 e. The lowest BCUT2D eigenvalue weighted by Gasteiger charge is -2.08. The Balaban J connectivity index is 1.72. The standard InChI is InChI=1S/C18H22FN3O4S2/c1-3-15-12(2)11-16(27-15)18(24)22-21-17(23)5-4-10-20-28(25,26)14-8-6-13(19)7-9-14/h6-9,11,20H,3-5,10H2,1-2H3,(H,21,23)(H,22,24). The molecule has 0 aliphatic carbocycles. The van der Waals surface area contributed by atoms with Crippen molar-refractivity contribution in [3.8, 4) is 0 Å². The van der Waals surface area contributed by atoms with Crippen LogP contribution in [0.15, 0.2) is 35.2 Å². The van der Waals surface area contributed by atoms with Gasteiger partial charge >= 0.3 is 0 Å². The monoisotopic (exact) mass is 427 g/mol. The number of hydrogen-bond donors (Lipinski definition) is 3. The molecule has 7 nitrogen and oxygen atoms in total. The van der Waals surface area contributed by atoms with E-state index in [1.165, 1.54) is 11.3 Å². The molecule has 1 aromatic carbocycles. The van der Waals surface area contributed by atoms with Crippen LogP contribution in [0.3, 0.4) is 0 Å². The number of thiophene rings is 1. The van der Waals surface area contributed by atoms with Crippen LogP contribution in [-0.4, -0.2) is 26.8 Å². The molecular weight excluding hydrogens is 405 g/mol. The molecule has 2 amide bonds. The molecule has 0 aliphatic heterocycles. The highest BCUT2D eigenvalue weighted by Crippen LogP contribution is 2.21. The first-order chi connectivity index (χ1) is 13.2. The minimum Gasteiger partial charge on any atom is -0.273 e. The zero-order chi connectivity index (χ0) is 20.7. The highest BCUT2D eigenvalue weighted by atomic mass is 32.2. The van der Waals surface area contributed by atoms with E-state index in [2.05, 4.69) is 15.6 Å². The minimum absolute atomic E-state index is 0.0237. The van der Waals surface area contributed by atoms with Gasteiger partial charge in [0.05, 0.1) is 9.77 Å². The molecule has 3 N–H and O–H groups in total. The van der Waals surface area contributed by atoms with Crippen molar-refractivity contribution in [2.24, 2.45) is 0 Å². The largest absolute Gasteiger partial charge is 0.279 e. The maximum atomic E-state index is 12.9. The molecule has 28 heavy (non-hydrogen) atoms. The third-order valence-electron chi connectivity index (χ3n) is 3.88. The highest BCUT2D eigenvalue weighted by Gasteiger charge is 2.14. The summed E-state index contributed by atoms with van der Waals surface area (Å²) in [6, 6.07) is 6.22. The van der Waals surface area contributed by atoms with E-state index in [9.17, 15) is 22.4 Å². The van der Waals surface area contributed by atoms with E-state index < -0.39 is 27.7 Å². The fourth-order valence-electron chi connectivity index (χ4n) is 2.39. The van der Waals surface area contributed by atoms with Crippen LogP contribution < -0.4 is 15.6 Å². The SMILES string of the molecule is CCc1sc(C(=O)NNC(=O)CCCNS(=O)(=O)c2ccc(F)cc2)cc1C. The molecule has 2 rings (SSSR count). The van der Waals surface area contributed by atoms with E-state index in [0.29, 0.717) is 4.88 Å². The lowest BCUT2D eigenvalue weighted by molar-refractivity contribution is -0.121. The Morgan fingerprint density at radius 3 is 2.43 bits per heavy atom. The summed E-state index contributed by atoms with van der Waals surface area (Å²) in [7, 11) is -3.76. The van der Waals surface area contributed by atoms with Crippen LogP contribution in [0, 0.1) is 12.7 Å². The number of nitrogens with one attached hydrogen (secondary N) is 3. The summed E-state index contributed by atoms with van der Waals surface area (Å²) >= 11 is 1.38. The van der Waals surface area contributed by atoms with Crippen LogP contribution in [0.1, 0.15) is 39.9 Å². The Hall–Kier alpha value is -2.30. The number of carbonyl (C=O) groups is 2. The molecule has 0 atom stereocenters. The van der Waals surface area contributed by atoms with Gasteiger partial charge in [-0.1, -0.05) is 6.92 Å². The van der Waals surface area contributed by atoms with Gasteiger partial charge in [0.15, 0.2) is 0 Å². The van der Waals surface area contributed by atoms with Gasteiger partial charge in [0.25, 0.3) is 5.91 Å². The summed E-state index contributed by atoms with van der Waals surface area (Å²) < 4.78 is 39.2. The molecule has 1 aromatic heterocycles. The van der Waals surface area contributed by atoms with Crippen LogP contribution in [0.5, 0.6) is 0 Å². The van der Waals surface area contributed by atoms with Crippen molar-refractivity contribution < 1.29 is 22.4 Å². The van der Waals surface area contributed by atoms with Crippen molar-refractivity contribution in [1.82, 2.24) is 15.6 Å². The molecular formula is C18H22FN3O4S2. The minimum atomic E-state index is -3.76. The van der Waals surface area contributed by atoms with E-state index in [4.69, 9.17) is 0 Å². The van der Waals surface area contributed by atoms with Crippen LogP contribution in [-0.2, 0) is 21.2 Å². The van der Waals surface area contributed by atoms with Gasteiger partial charge in [-0.3, -0.25) is 20.4 Å². The van der Waals surface area contributed by atoms with Crippen LogP contribution in [0.25, 0.3) is 0 Å². The smallest absolute Gasteiger partial charge is 0.273 e. The number of hydrazine groups is 1. The van der Waals surface area contributed by atoms with Crippen LogP contribution in [0.4, 0.5) is 4.39 Å². The molecule has 0 saturated carbocycles. The second-order valence-corrected chi connectivity index (χ2v) is 8.93. The maximum absolute atomic E-state index is 12.9. The number of hydrogen-bond acceptors (Lipinski definition) is 5. The summed E-state index contributed by atoms with van der Waals surface area (Å²) in [5.41, 5.74) is 5.70. The molecule has 0 unspecified atom stereocenters. The molecule has 0 saturated heterocycles. The molecule has 2 aromatic rings. The molecule has 10 heteroatoms. The molecule has 0 spiro atoms. The average molecular weight is 428 g/mol. The van der Waals surface area contributed by atoms with Gasteiger partial charge in [-0.25, -0.2) is 17.5 Å². The van der Waals surface area contributed by atoms with Gasteiger partial charge in [0, 0.05) is 17.8 Å². The lowest BCUT2D eigenvalue weighted by atomic mass is 10.2. The number of benzene rings is 1. The molecule has 0 aliphatic rings. The van der Waals surface area contributed by atoms with Crippen molar-refractivity contribution in [2.75, 3.05) is 6.54 Å². The Labute approximate surface area is 167 Å². The van der Waals surface area contributed by atoms with Crippen molar-refractivity contribution in [3.63, 3.8) is 0 Å². The van der Waals surface area contributed by atoms with Crippen LogP contribution in [0.2, 0.25) is 0 Å². The second-order valence-electron chi connectivity index (χ2n) is 6.03. The number of carbonyl (C=O) groups excluding carboxylic acids is 2. The van der Waals surface area contributed by atoms with E-state index in [-0.39, 0.29) is 24.3 Å². The summed E-state index contributed by atoms with van der Waals surface area (Å²) in [6.07, 6.45) is 1.10. The Morgan fingerprint density at radius 2 is 1.82 bits per heavy atom. The van der Waals surface area contributed by atoms with Crippen molar-refractivity contribution >= 4 is 33.2 Å². The summed E-state index contributed by atoms with van der Waals surface area (Å²) in [6.45, 7) is 3.97. The molecule has 152 valence electrons. The normalized spacial score (nSPS) is 11.2. The quantitative estimate of drug-likeness (QED) is 0.444. The molecule has 0 bridgehead atoms. The van der Waals surface area contributed by atoms with Gasteiger partial charge in [0.1, 0.15) is 5.82 Å². The zero-order valence-corrected chi connectivity index (χ0v) is 17.2. The second kappa shape index (κ2) is 9.76. The Morgan fingerprint density at radius 1 is 1.14 bits per heavy atom. The number of halogens is 1. The van der Waals surface area contributed by atoms with E-state index in [0.717, 1.165) is 41.1 Å². The zero-order valence-electron chi connectivity index (χ0n) is 15.5. The molecule has 0 fully saturated rings. The Bertz CT molecular complexity index is 940. The summed E-state index contributed by atoms with van der Waals surface area (Å²) in [5, 5.41) is 0. The Kier molecular flexibility index (Phi) is 7.67. The predicted octanol–water partition coefficient (Wildman–Crippen LogP) is 2.28. The van der Waals surface area contributed by atoms with Crippen LogP contribution >= 0.6 is 11.3 Å². The van der Waals surface area contributed by atoms with E-state index in [1.807, 2.05) is 13.8 Å². The average Bonchev–Trinajstić information content (AvgIpc) is 3.04. The predicted molar refractivity (Wildman–Crippen MR) is 105 cm³/mol. The summed E-state index contributed by atoms with van der Waals surface area (Å²) in [5.74, 6) is -1.35. The van der Waals surface area contributed by atoms with Crippen molar-refractivity contribution in [1.29, 1.82) is 0 Å². The molecule has 1 heterocycles. The molecule has 0 radical (unpaired) electrons. The number of aryl methyl sites for hydroxylation is 2. The number of amides is 2. The van der Waals surface area contributed by atoms with E-state index in [1.54, 1.807) is 6.07 Å². The first-order valence-electron chi connectivity index (χ1n) is 8.66. The lowest BCUT2D eigenvalue weighted by Crippen LogP contribution is -2.41. The fourth-order valence-corrected chi connectivity index (χ4v) is 4.47. The number of sulfonamides is 1. The topological polar surface area (TPSA) is 104 Å². The fraction of sp³-hybridized carbons (Fsp3) is 0.333. The first kappa shape index (κ1) is 22.0. The third-order valence-corrected chi connectivity index (χ3v) is 6.73. The van der Waals surface area contributed by atoms with Crippen molar-refractivity contribution in [3.05, 3.63) is 51.5 Å². The number of rotatable bonds is 8. The van der Waals surface area contributed by atoms with Gasteiger partial charge < -0.3 is 0 Å². The van der Waals surface area contributed by atoms with Gasteiger partial charge in [-0.15, -0.1) is 11.3 Å². The van der Waals surface area contributed by atoms with Gasteiger partial charge in [0.2, 0.25) is 15.9 Å². The highest BCUT2D eigenvalue weighted by molar-refractivity contribution is 7.89. The summed E-state index contributed by atoms with van der Waals surface area (Å²) in [4.78, 5) is 25.4. The van der Waals surface area contributed by atoms with E-state index >= 15 is 0 Å². The van der Waals surface area contributed by atoms with Crippen molar-refractivity contribution in [2.45, 2.75) is 38.0 Å². The van der Waals surface area contributed by atoms with Gasteiger partial charge in [-0.2, -0.15) is 0 Å². The third kappa shape index (κ3) is 6.11. The first-order valence-corrected chi connectivity index (χ1v) is 11.0. The van der Waals surface area contributed by atoms with Gasteiger partial charge in [-0.05, 0) is 55.7 Å².